The van der Waals surface area contributed by atoms with Crippen molar-refractivity contribution in [2.75, 3.05) is 0 Å². The maximum Gasteiger partial charge on any atom is 0.335 e. The second-order valence-electron chi connectivity index (χ2n) is 4.60. The number of thiophene rings is 1. The smallest absolute Gasteiger partial charge is 0.335 e. The Balaban J connectivity index is 2.25. The monoisotopic (exact) mass is 286 g/mol. The van der Waals surface area contributed by atoms with E-state index in [1.165, 1.54) is 0 Å². The van der Waals surface area contributed by atoms with E-state index < -0.39 is 5.97 Å². The van der Waals surface area contributed by atoms with Crippen molar-refractivity contribution in [3.8, 4) is 5.69 Å². The summed E-state index contributed by atoms with van der Waals surface area (Å²) in [7, 11) is 0. The fourth-order valence-corrected chi connectivity index (χ4v) is 2.95. The molecule has 1 aromatic carbocycles. The highest BCUT2D eigenvalue weighted by molar-refractivity contribution is 7.08. The van der Waals surface area contributed by atoms with Crippen molar-refractivity contribution in [1.82, 2.24) is 9.55 Å². The lowest BCUT2D eigenvalue weighted by Crippen LogP contribution is -1.99. The number of aryl methyl sites for hydroxylation is 1. The van der Waals surface area contributed by atoms with Crippen LogP contribution in [0.15, 0.2) is 35.0 Å². The number of rotatable bonds is 4. The maximum atomic E-state index is 11.1. The van der Waals surface area contributed by atoms with E-state index >= 15 is 0 Å². The lowest BCUT2D eigenvalue weighted by molar-refractivity contribution is 0.0697. The number of carboxylic acids is 1. The lowest BCUT2D eigenvalue weighted by atomic mass is 10.2. The Bertz CT molecular complexity index is 760. The van der Waals surface area contributed by atoms with Gasteiger partial charge in [0, 0.05) is 11.8 Å². The van der Waals surface area contributed by atoms with E-state index in [2.05, 4.69) is 27.9 Å². The fraction of sp³-hybridized carbons (Fsp3) is 0.200. The van der Waals surface area contributed by atoms with Gasteiger partial charge in [-0.25, -0.2) is 9.78 Å². The standard InChI is InChI=1S/C15H14N2O2S/c1-2-3-14-16-12-8-10(15(18)19)4-5-13(12)17(14)11-6-7-20-9-11/h4-9H,2-3H2,1H3,(H,18,19). The summed E-state index contributed by atoms with van der Waals surface area (Å²) in [5.41, 5.74) is 3.05. The first-order chi connectivity index (χ1) is 9.70. The molecule has 5 heteroatoms. The molecule has 20 heavy (non-hydrogen) atoms. The molecule has 4 nitrogen and oxygen atoms in total. The molecule has 0 saturated carbocycles. The first kappa shape index (κ1) is 12.9. The Morgan fingerprint density at radius 1 is 1.40 bits per heavy atom. The molecule has 0 spiro atoms. The maximum absolute atomic E-state index is 11.1. The van der Waals surface area contributed by atoms with Gasteiger partial charge < -0.3 is 5.11 Å². The summed E-state index contributed by atoms with van der Waals surface area (Å²) in [5.74, 6) is 0.0532. The predicted octanol–water partition coefficient (Wildman–Crippen LogP) is 3.74. The van der Waals surface area contributed by atoms with E-state index in [1.807, 2.05) is 11.4 Å². The molecule has 0 atom stereocenters. The van der Waals surface area contributed by atoms with E-state index in [1.54, 1.807) is 23.5 Å². The molecule has 0 aliphatic heterocycles. The van der Waals surface area contributed by atoms with Crippen LogP contribution in [0.5, 0.6) is 0 Å². The summed E-state index contributed by atoms with van der Waals surface area (Å²) in [6, 6.07) is 7.16. The zero-order valence-corrected chi connectivity index (χ0v) is 11.9. The second-order valence-corrected chi connectivity index (χ2v) is 5.38. The molecule has 0 fully saturated rings. The van der Waals surface area contributed by atoms with Gasteiger partial charge >= 0.3 is 5.97 Å². The van der Waals surface area contributed by atoms with Crippen LogP contribution in [-0.2, 0) is 6.42 Å². The van der Waals surface area contributed by atoms with Crippen molar-refractivity contribution in [3.05, 3.63) is 46.4 Å². The van der Waals surface area contributed by atoms with Gasteiger partial charge in [-0.3, -0.25) is 4.57 Å². The number of carboxylic acid groups (broad SMARTS) is 1. The number of nitrogens with zero attached hydrogens (tertiary/aromatic N) is 2. The van der Waals surface area contributed by atoms with Crippen LogP contribution in [-0.4, -0.2) is 20.6 Å². The van der Waals surface area contributed by atoms with Gasteiger partial charge in [0.15, 0.2) is 0 Å². The zero-order valence-electron chi connectivity index (χ0n) is 11.0. The van der Waals surface area contributed by atoms with Crippen LogP contribution in [0, 0.1) is 0 Å². The highest BCUT2D eigenvalue weighted by Crippen LogP contribution is 2.24. The van der Waals surface area contributed by atoms with E-state index in [4.69, 9.17) is 5.11 Å². The third-order valence-electron chi connectivity index (χ3n) is 3.21. The SMILES string of the molecule is CCCc1nc2cc(C(=O)O)ccc2n1-c1ccsc1. The lowest BCUT2D eigenvalue weighted by Gasteiger charge is -2.06. The van der Waals surface area contributed by atoms with Crippen LogP contribution in [0.3, 0.4) is 0 Å². The molecule has 102 valence electrons. The Morgan fingerprint density at radius 3 is 2.90 bits per heavy atom. The predicted molar refractivity (Wildman–Crippen MR) is 79.9 cm³/mol. The average molecular weight is 286 g/mol. The molecular weight excluding hydrogens is 272 g/mol. The molecule has 0 unspecified atom stereocenters. The van der Waals surface area contributed by atoms with Crippen molar-refractivity contribution < 1.29 is 9.90 Å². The molecule has 0 amide bonds. The van der Waals surface area contributed by atoms with Crippen molar-refractivity contribution in [2.24, 2.45) is 0 Å². The summed E-state index contributed by atoms with van der Waals surface area (Å²) in [6.45, 7) is 2.11. The van der Waals surface area contributed by atoms with Gasteiger partial charge in [0.2, 0.25) is 0 Å². The summed E-state index contributed by atoms with van der Waals surface area (Å²) in [4.78, 5) is 15.7. The molecular formula is C15H14N2O2S. The summed E-state index contributed by atoms with van der Waals surface area (Å²) in [5, 5.41) is 13.2. The zero-order chi connectivity index (χ0) is 14.1. The van der Waals surface area contributed by atoms with Crippen molar-refractivity contribution in [1.29, 1.82) is 0 Å². The van der Waals surface area contributed by atoms with Crippen LogP contribution in [0.2, 0.25) is 0 Å². The van der Waals surface area contributed by atoms with E-state index in [0.717, 1.165) is 35.4 Å². The van der Waals surface area contributed by atoms with E-state index in [-0.39, 0.29) is 5.56 Å². The minimum Gasteiger partial charge on any atom is -0.478 e. The summed E-state index contributed by atoms with van der Waals surface area (Å²) >= 11 is 1.64. The number of carbonyl (C=O) groups is 1. The molecule has 0 aliphatic carbocycles. The van der Waals surface area contributed by atoms with Gasteiger partial charge in [-0.2, -0.15) is 11.3 Å². The quantitative estimate of drug-likeness (QED) is 0.795. The molecule has 0 aliphatic rings. The first-order valence-corrected chi connectivity index (χ1v) is 7.42. The third-order valence-corrected chi connectivity index (χ3v) is 3.88. The number of fused-ring (bicyclic) bond motifs is 1. The Morgan fingerprint density at radius 2 is 2.25 bits per heavy atom. The largest absolute Gasteiger partial charge is 0.478 e. The van der Waals surface area contributed by atoms with Crippen LogP contribution >= 0.6 is 11.3 Å². The van der Waals surface area contributed by atoms with Crippen LogP contribution in [0.1, 0.15) is 29.5 Å². The highest BCUT2D eigenvalue weighted by atomic mass is 32.1. The molecule has 3 aromatic rings. The first-order valence-electron chi connectivity index (χ1n) is 6.48. The van der Waals surface area contributed by atoms with Gasteiger partial charge in [0.05, 0.1) is 22.3 Å². The minimum atomic E-state index is -0.922. The van der Waals surface area contributed by atoms with Crippen LogP contribution < -0.4 is 0 Å². The van der Waals surface area contributed by atoms with Crippen LogP contribution in [0.25, 0.3) is 16.7 Å². The molecule has 3 rings (SSSR count). The molecule has 2 aromatic heterocycles. The number of hydrogen-bond donors (Lipinski definition) is 1. The fourth-order valence-electron chi connectivity index (χ4n) is 2.33. The minimum absolute atomic E-state index is 0.274. The molecule has 0 bridgehead atoms. The van der Waals surface area contributed by atoms with Crippen molar-refractivity contribution in [3.63, 3.8) is 0 Å². The highest BCUT2D eigenvalue weighted by Gasteiger charge is 2.14. The second kappa shape index (κ2) is 5.09. The Labute approximate surface area is 120 Å². The normalized spacial score (nSPS) is 11.1. The molecule has 0 saturated heterocycles. The van der Waals surface area contributed by atoms with Gasteiger partial charge in [0.1, 0.15) is 5.82 Å². The van der Waals surface area contributed by atoms with Crippen molar-refractivity contribution >= 4 is 28.3 Å². The van der Waals surface area contributed by atoms with Gasteiger partial charge in [-0.1, -0.05) is 6.92 Å². The molecule has 2 heterocycles. The van der Waals surface area contributed by atoms with E-state index in [0.29, 0.717) is 0 Å². The molecule has 1 N–H and O–H groups in total. The number of aromatic carboxylic acids is 1. The summed E-state index contributed by atoms with van der Waals surface area (Å²) < 4.78 is 2.11. The van der Waals surface area contributed by atoms with Crippen LogP contribution in [0.4, 0.5) is 0 Å². The Hall–Kier alpha value is -2.14. The number of hydrogen-bond acceptors (Lipinski definition) is 3. The topological polar surface area (TPSA) is 55.1 Å². The van der Waals surface area contributed by atoms with Gasteiger partial charge in [-0.15, -0.1) is 0 Å². The third kappa shape index (κ3) is 2.10. The van der Waals surface area contributed by atoms with Crippen molar-refractivity contribution in [2.45, 2.75) is 19.8 Å². The number of aromatic nitrogens is 2. The number of imidazole rings is 1. The Kier molecular flexibility index (Phi) is 3.28. The van der Waals surface area contributed by atoms with Gasteiger partial charge in [-0.05, 0) is 36.1 Å². The molecule has 0 radical (unpaired) electrons. The average Bonchev–Trinajstić information content (AvgIpc) is 3.04. The van der Waals surface area contributed by atoms with E-state index in [9.17, 15) is 4.79 Å². The number of benzene rings is 1. The van der Waals surface area contributed by atoms with Gasteiger partial charge in [0.25, 0.3) is 0 Å². The summed E-state index contributed by atoms with van der Waals surface area (Å²) in [6.07, 6.45) is 1.87.